The van der Waals surface area contributed by atoms with Crippen molar-refractivity contribution in [2.45, 2.75) is 6.92 Å². The number of hydrazine groups is 1. The van der Waals surface area contributed by atoms with Crippen molar-refractivity contribution in [1.82, 2.24) is 4.98 Å². The summed E-state index contributed by atoms with van der Waals surface area (Å²) in [4.78, 5) is 9.19. The van der Waals surface area contributed by atoms with Gasteiger partial charge in [0.15, 0.2) is 0 Å². The van der Waals surface area contributed by atoms with Gasteiger partial charge in [-0.2, -0.15) is 0 Å². The Morgan fingerprint density at radius 3 is 2.43 bits per heavy atom. The molecule has 1 aliphatic rings. The molecule has 0 unspecified atom stereocenters. The molecule has 3 N–H and O–H groups in total. The first-order valence-corrected chi connectivity index (χ1v) is 7.25. The molecule has 0 radical (unpaired) electrons. The van der Waals surface area contributed by atoms with Crippen LogP contribution in [0.25, 0.3) is 0 Å². The summed E-state index contributed by atoms with van der Waals surface area (Å²) < 4.78 is 0. The van der Waals surface area contributed by atoms with Gasteiger partial charge in [0.2, 0.25) is 0 Å². The predicted octanol–water partition coefficient (Wildman–Crippen LogP) is 2.00. The number of rotatable bonds is 3. The molecular formula is C16H21N5. The summed E-state index contributed by atoms with van der Waals surface area (Å²) in [5.41, 5.74) is 6.05. The minimum atomic E-state index is 0.831. The number of hydrogen-bond acceptors (Lipinski definition) is 5. The first kappa shape index (κ1) is 13.7. The van der Waals surface area contributed by atoms with Gasteiger partial charge in [0.1, 0.15) is 5.82 Å². The molecule has 5 nitrogen and oxygen atoms in total. The van der Waals surface area contributed by atoms with Crippen LogP contribution in [0.1, 0.15) is 5.56 Å². The standard InChI is InChI=1S/C16H21N5/c1-13-3-2-4-15(11-13)20-7-9-21(10-8-20)16-6-5-14(19-17)12-18-16/h2-6,11-12,19H,7-10,17H2,1H3. The molecule has 0 bridgehead atoms. The van der Waals surface area contributed by atoms with Crippen LogP contribution in [-0.4, -0.2) is 31.2 Å². The van der Waals surface area contributed by atoms with Crippen molar-refractivity contribution >= 4 is 17.2 Å². The fourth-order valence-corrected chi connectivity index (χ4v) is 2.68. The first-order valence-electron chi connectivity index (χ1n) is 7.25. The van der Waals surface area contributed by atoms with Crippen molar-refractivity contribution in [2.75, 3.05) is 41.4 Å². The third kappa shape index (κ3) is 3.08. The highest BCUT2D eigenvalue weighted by Crippen LogP contribution is 2.20. The van der Waals surface area contributed by atoms with Crippen LogP contribution in [0.3, 0.4) is 0 Å². The minimum absolute atomic E-state index is 0.831. The SMILES string of the molecule is Cc1cccc(N2CCN(c3ccc(NN)cn3)CC2)c1. The van der Waals surface area contributed by atoms with E-state index in [0.717, 1.165) is 37.7 Å². The van der Waals surface area contributed by atoms with E-state index in [1.54, 1.807) is 6.20 Å². The number of benzene rings is 1. The Morgan fingerprint density at radius 2 is 1.81 bits per heavy atom. The molecule has 1 aromatic carbocycles. The van der Waals surface area contributed by atoms with E-state index in [-0.39, 0.29) is 0 Å². The normalized spacial score (nSPS) is 15.1. The average Bonchev–Trinajstić information content (AvgIpc) is 2.55. The summed E-state index contributed by atoms with van der Waals surface area (Å²) in [5, 5.41) is 0. The minimum Gasteiger partial charge on any atom is -0.368 e. The van der Waals surface area contributed by atoms with Crippen molar-refractivity contribution in [3.8, 4) is 0 Å². The van der Waals surface area contributed by atoms with Crippen LogP contribution in [0.2, 0.25) is 0 Å². The molecule has 1 aliphatic heterocycles. The highest BCUT2D eigenvalue weighted by atomic mass is 15.3. The monoisotopic (exact) mass is 283 g/mol. The lowest BCUT2D eigenvalue weighted by molar-refractivity contribution is 0.647. The molecule has 5 heteroatoms. The number of aromatic nitrogens is 1. The second-order valence-electron chi connectivity index (χ2n) is 5.36. The van der Waals surface area contributed by atoms with Gasteiger partial charge in [0.25, 0.3) is 0 Å². The molecule has 2 aromatic rings. The highest BCUT2D eigenvalue weighted by Gasteiger charge is 2.18. The van der Waals surface area contributed by atoms with Gasteiger partial charge in [0, 0.05) is 31.9 Å². The van der Waals surface area contributed by atoms with E-state index < -0.39 is 0 Å². The van der Waals surface area contributed by atoms with Gasteiger partial charge >= 0.3 is 0 Å². The molecule has 1 saturated heterocycles. The lowest BCUT2D eigenvalue weighted by atomic mass is 10.2. The Kier molecular flexibility index (Phi) is 3.92. The van der Waals surface area contributed by atoms with E-state index in [1.807, 2.05) is 12.1 Å². The zero-order valence-electron chi connectivity index (χ0n) is 12.3. The van der Waals surface area contributed by atoms with Gasteiger partial charge in [-0.05, 0) is 36.8 Å². The Balaban J connectivity index is 1.64. The number of hydrogen-bond donors (Lipinski definition) is 2. The number of nitrogens with zero attached hydrogens (tertiary/aromatic N) is 3. The molecule has 0 amide bonds. The maximum absolute atomic E-state index is 5.36. The number of anilines is 3. The molecular weight excluding hydrogens is 262 g/mol. The number of nitrogens with two attached hydrogens (primary N) is 1. The van der Waals surface area contributed by atoms with E-state index in [9.17, 15) is 0 Å². The molecule has 0 atom stereocenters. The zero-order chi connectivity index (χ0) is 14.7. The quantitative estimate of drug-likeness (QED) is 0.666. The highest BCUT2D eigenvalue weighted by molar-refractivity contribution is 5.52. The van der Waals surface area contributed by atoms with Gasteiger partial charge in [-0.25, -0.2) is 4.98 Å². The van der Waals surface area contributed by atoms with E-state index in [1.165, 1.54) is 11.3 Å². The smallest absolute Gasteiger partial charge is 0.128 e. The maximum Gasteiger partial charge on any atom is 0.128 e. The zero-order valence-corrected chi connectivity index (χ0v) is 12.3. The van der Waals surface area contributed by atoms with Gasteiger partial charge in [-0.3, -0.25) is 5.84 Å². The predicted molar refractivity (Wildman–Crippen MR) is 87.7 cm³/mol. The van der Waals surface area contributed by atoms with Gasteiger partial charge in [-0.15, -0.1) is 0 Å². The number of piperazine rings is 1. The topological polar surface area (TPSA) is 57.4 Å². The van der Waals surface area contributed by atoms with Crippen molar-refractivity contribution < 1.29 is 0 Å². The number of nitrogens with one attached hydrogen (secondary N) is 1. The van der Waals surface area contributed by atoms with Gasteiger partial charge in [0.05, 0.1) is 11.9 Å². The molecule has 2 heterocycles. The summed E-state index contributed by atoms with van der Waals surface area (Å²) in [5.74, 6) is 6.37. The van der Waals surface area contributed by atoms with E-state index >= 15 is 0 Å². The fourth-order valence-electron chi connectivity index (χ4n) is 2.68. The summed E-state index contributed by atoms with van der Waals surface area (Å²) in [6.45, 7) is 6.13. The number of nitrogen functional groups attached to an aromatic ring is 1. The third-order valence-electron chi connectivity index (χ3n) is 3.89. The lowest BCUT2D eigenvalue weighted by Crippen LogP contribution is -2.46. The maximum atomic E-state index is 5.36. The average molecular weight is 283 g/mol. The first-order chi connectivity index (χ1) is 10.3. The van der Waals surface area contributed by atoms with Crippen LogP contribution in [0.15, 0.2) is 42.6 Å². The Labute approximate surface area is 125 Å². The molecule has 110 valence electrons. The molecule has 3 rings (SSSR count). The van der Waals surface area contributed by atoms with Crippen LogP contribution < -0.4 is 21.1 Å². The molecule has 1 fully saturated rings. The van der Waals surface area contributed by atoms with Gasteiger partial charge in [-0.1, -0.05) is 12.1 Å². The molecule has 0 saturated carbocycles. The second-order valence-corrected chi connectivity index (χ2v) is 5.36. The Hall–Kier alpha value is -2.27. The van der Waals surface area contributed by atoms with Crippen LogP contribution >= 0.6 is 0 Å². The molecule has 0 aliphatic carbocycles. The van der Waals surface area contributed by atoms with Crippen LogP contribution in [0.5, 0.6) is 0 Å². The van der Waals surface area contributed by atoms with Gasteiger partial charge < -0.3 is 15.2 Å². The third-order valence-corrected chi connectivity index (χ3v) is 3.89. The van der Waals surface area contributed by atoms with Crippen molar-refractivity contribution in [2.24, 2.45) is 5.84 Å². The summed E-state index contributed by atoms with van der Waals surface area (Å²) >= 11 is 0. The Morgan fingerprint density at radius 1 is 1.05 bits per heavy atom. The second kappa shape index (κ2) is 6.01. The number of pyridine rings is 1. The molecule has 1 aromatic heterocycles. The van der Waals surface area contributed by atoms with Crippen LogP contribution in [-0.2, 0) is 0 Å². The van der Waals surface area contributed by atoms with E-state index in [2.05, 4.69) is 51.4 Å². The van der Waals surface area contributed by atoms with Crippen LogP contribution in [0, 0.1) is 6.92 Å². The van der Waals surface area contributed by atoms with Crippen LogP contribution in [0.4, 0.5) is 17.2 Å². The largest absolute Gasteiger partial charge is 0.368 e. The summed E-state index contributed by atoms with van der Waals surface area (Å²) in [7, 11) is 0. The fraction of sp³-hybridized carbons (Fsp3) is 0.312. The summed E-state index contributed by atoms with van der Waals surface area (Å²) in [6.07, 6.45) is 1.77. The van der Waals surface area contributed by atoms with Crippen molar-refractivity contribution in [3.63, 3.8) is 0 Å². The van der Waals surface area contributed by atoms with Crippen molar-refractivity contribution in [3.05, 3.63) is 48.2 Å². The molecule has 0 spiro atoms. The Bertz CT molecular complexity index is 588. The summed E-state index contributed by atoms with van der Waals surface area (Å²) in [6, 6.07) is 12.7. The molecule has 21 heavy (non-hydrogen) atoms. The van der Waals surface area contributed by atoms with E-state index in [0.29, 0.717) is 0 Å². The van der Waals surface area contributed by atoms with E-state index in [4.69, 9.17) is 5.84 Å². The van der Waals surface area contributed by atoms with Crippen molar-refractivity contribution in [1.29, 1.82) is 0 Å². The number of aryl methyl sites for hydroxylation is 1. The lowest BCUT2D eigenvalue weighted by Gasteiger charge is -2.36.